The minimum absolute atomic E-state index is 0. The number of fused-ring (bicyclic) bond motifs is 6. The maximum atomic E-state index is 8.56. The third-order valence-electron chi connectivity index (χ3n) is 22.6. The van der Waals surface area contributed by atoms with Crippen molar-refractivity contribution in [2.45, 2.75) is 39.9 Å². The van der Waals surface area contributed by atoms with E-state index in [4.69, 9.17) is 10.2 Å². The number of aromatic nitrogens is 2. The first-order valence-corrected chi connectivity index (χ1v) is 43.4. The van der Waals surface area contributed by atoms with Crippen molar-refractivity contribution in [3.63, 3.8) is 0 Å². The summed E-state index contributed by atoms with van der Waals surface area (Å²) in [4.78, 5) is 18.0. The Morgan fingerprint density at radius 3 is 0.869 bits per heavy atom. The quantitative estimate of drug-likeness (QED) is 0.0499. The van der Waals surface area contributed by atoms with Crippen LogP contribution in [-0.2, 0) is 20.1 Å². The van der Waals surface area contributed by atoms with E-state index in [9.17, 15) is 0 Å². The van der Waals surface area contributed by atoms with Gasteiger partial charge in [0.15, 0.2) is 0 Å². The van der Waals surface area contributed by atoms with Crippen LogP contribution in [0.4, 0.5) is 68.2 Å². The van der Waals surface area contributed by atoms with Crippen molar-refractivity contribution in [1.29, 1.82) is 0 Å². The van der Waals surface area contributed by atoms with E-state index >= 15 is 0 Å². The number of rotatable bonds is 18. The summed E-state index contributed by atoms with van der Waals surface area (Å²) < 4.78 is 2.81. The number of nitrogens with zero attached hydrogens (tertiary/aromatic N) is 7. The second-order valence-electron chi connectivity index (χ2n) is 31.3. The van der Waals surface area contributed by atoms with E-state index in [-0.39, 0.29) is 39.7 Å². The van der Waals surface area contributed by atoms with Gasteiger partial charge in [0.2, 0.25) is 0 Å². The van der Waals surface area contributed by atoms with Crippen LogP contribution in [0.1, 0.15) is 27.7 Å². The Kier molecular flexibility index (Phi) is 30.0. The van der Waals surface area contributed by atoms with Gasteiger partial charge in [-0.05, 0) is 250 Å². The number of aliphatic hydroxyl groups excluding tert-OH is 2. The average molecular weight is 1880 g/mol. The molecule has 20 aromatic carbocycles. The molecule has 21 rings (SSSR count). The van der Waals surface area contributed by atoms with Gasteiger partial charge in [-0.25, -0.2) is 4.98 Å². The molecule has 0 saturated heterocycles. The SMILES string of the molecule is C.CC(O)CC(C)O.[B]N=P.[Ir].[c-]1ccccc1-c1cc(-c2ccccc2)ncn1.c1ccc(N(c2ccc(-c3ccc(N(c4ccccc4)c4cccc5ccccc45)cc3)cc2)c2cccc3ccccc23)cc1.c1ccc2cc(N(c3ccc(-c4ccc(N(c5ccc6ccccc6c5)c5ccc6ccccc6c5)cc4)cc3)c3ccc4ccccc4c3)ccc2c1. The van der Waals surface area contributed by atoms with Crippen LogP contribution in [0.25, 0.3) is 109 Å². The fraction of sp³-hybridized carbons (Fsp3) is 0.0508. The molecule has 130 heavy (non-hydrogen) atoms. The summed E-state index contributed by atoms with van der Waals surface area (Å²) in [5, 5.41) is 31.9. The van der Waals surface area contributed by atoms with Crippen molar-refractivity contribution in [3.05, 3.63) is 486 Å². The van der Waals surface area contributed by atoms with Gasteiger partial charge < -0.3 is 34.5 Å². The van der Waals surface area contributed by atoms with E-state index in [0.29, 0.717) is 6.42 Å². The second-order valence-corrected chi connectivity index (χ2v) is 31.6. The Hall–Kier alpha value is -15.0. The molecule has 0 fully saturated rings. The maximum Gasteiger partial charge on any atom is 0.265 e. The number of benzene rings is 20. The molecule has 12 heteroatoms. The first-order valence-electron chi connectivity index (χ1n) is 42.9. The van der Waals surface area contributed by atoms with E-state index in [0.717, 1.165) is 90.8 Å². The first-order chi connectivity index (χ1) is 63.0. The van der Waals surface area contributed by atoms with Gasteiger partial charge in [-0.3, -0.25) is 4.98 Å². The van der Waals surface area contributed by atoms with E-state index in [2.05, 4.69) is 470 Å². The zero-order valence-electron chi connectivity index (χ0n) is 71.4. The molecular weight excluding hydrogens is 1780 g/mol. The van der Waals surface area contributed by atoms with Crippen molar-refractivity contribution in [3.8, 4) is 44.8 Å². The van der Waals surface area contributed by atoms with Crippen molar-refractivity contribution >= 4 is 150 Å². The van der Waals surface area contributed by atoms with Crippen LogP contribution >= 0.6 is 9.03 Å². The van der Waals surface area contributed by atoms with Crippen molar-refractivity contribution < 1.29 is 30.3 Å². The van der Waals surface area contributed by atoms with Crippen LogP contribution in [-0.4, -0.2) is 40.4 Å². The maximum absolute atomic E-state index is 8.56. The standard InChI is InChI=1S/C52H36N2.C44H32N2.C16H11N2.C5H12O2.CH4.BHNP.Ir/c1-5-13-43-33-49(29-21-37(43)9-1)53(50-30-22-38-10-2-6-14-44(38)34-50)47-25-17-41(18-26-47)42-19-27-48(28-20-42)54(51-31-23-39-11-3-7-15-45(39)35-51)52-32-24-40-12-4-8-16-46(40)36-52;1-3-17-37(18-4-1)45(43-23-11-15-35-13-7-9-21-41(35)43)39-29-25-33(26-30-39)34-27-31-40(32-28-34)46(38-19-5-2-6-20-38)44-24-12-16-36-14-8-10-22-42(36)44;1-3-7-13(8-4-1)15-11-16(18-12-17-15)14-9-5-2-6-10-14;1-4(6)3-5(2)7;;1-2-3;/h1-36H;1-32H;1-9,11-12H;4-7H,3H2,1-2H3;1H4;3H;/q;;-1;;;;. The van der Waals surface area contributed by atoms with E-state index in [1.54, 1.807) is 20.2 Å². The van der Waals surface area contributed by atoms with E-state index in [1.165, 1.54) is 86.9 Å². The number of anilines is 12. The molecule has 0 aliphatic heterocycles. The normalized spacial score (nSPS) is 11.1. The molecule has 2 atom stereocenters. The fourth-order valence-corrected chi connectivity index (χ4v) is 16.5. The smallest absolute Gasteiger partial charge is 0.265 e. The monoisotopic (exact) mass is 1880 g/mol. The van der Waals surface area contributed by atoms with Gasteiger partial charge in [0.25, 0.3) is 7.98 Å². The second kappa shape index (κ2) is 43.4. The summed E-state index contributed by atoms with van der Waals surface area (Å²) in [5.41, 5.74) is 22.2. The van der Waals surface area contributed by atoms with Crippen LogP contribution in [0.15, 0.2) is 484 Å². The summed E-state index contributed by atoms with van der Waals surface area (Å²) in [5.74, 6) is 0. The summed E-state index contributed by atoms with van der Waals surface area (Å²) >= 11 is 0. The number of hydrogen-bond donors (Lipinski definition) is 2. The molecule has 0 amide bonds. The van der Waals surface area contributed by atoms with Crippen LogP contribution in [0.2, 0.25) is 0 Å². The van der Waals surface area contributed by atoms with Gasteiger partial charge in [-0.1, -0.05) is 323 Å². The molecule has 2 unspecified atom stereocenters. The van der Waals surface area contributed by atoms with Crippen molar-refractivity contribution in [2.24, 2.45) is 4.66 Å². The molecule has 1 heterocycles. The molecule has 0 aliphatic carbocycles. The van der Waals surface area contributed by atoms with Crippen LogP contribution < -0.4 is 19.6 Å². The molecule has 2 N–H and O–H groups in total. The topological polar surface area (TPSA) is 91.6 Å². The number of aliphatic hydroxyl groups is 2. The Morgan fingerprint density at radius 2 is 0.546 bits per heavy atom. The molecule has 0 bridgehead atoms. The van der Waals surface area contributed by atoms with E-state index in [1.807, 2.05) is 60.7 Å². The largest absolute Gasteiger partial charge is 0.393 e. The molecule has 3 radical (unpaired) electrons. The van der Waals surface area contributed by atoms with Crippen LogP contribution in [0, 0.1) is 6.07 Å². The van der Waals surface area contributed by atoms with Gasteiger partial charge in [-0.15, -0.1) is 35.9 Å². The molecule has 0 aliphatic rings. The fourth-order valence-electron chi connectivity index (χ4n) is 16.5. The van der Waals surface area contributed by atoms with Crippen LogP contribution in [0.3, 0.4) is 0 Å². The Bertz CT molecular complexity index is 6690. The van der Waals surface area contributed by atoms with Gasteiger partial charge in [0, 0.05) is 87.8 Å². The van der Waals surface area contributed by atoms with Gasteiger partial charge in [0.05, 0.1) is 29.3 Å². The summed E-state index contributed by atoms with van der Waals surface area (Å²) in [6, 6.07) is 171. The van der Waals surface area contributed by atoms with Crippen molar-refractivity contribution in [2.75, 3.05) is 19.6 Å². The van der Waals surface area contributed by atoms with Crippen LogP contribution in [0.5, 0.6) is 0 Å². The number of para-hydroxylation sites is 2. The molecule has 9 nitrogen and oxygen atoms in total. The third-order valence-corrected chi connectivity index (χ3v) is 22.6. The Labute approximate surface area is 778 Å². The van der Waals surface area contributed by atoms with Gasteiger partial charge >= 0.3 is 0 Å². The number of hydrogen-bond acceptors (Lipinski definition) is 9. The summed E-state index contributed by atoms with van der Waals surface area (Å²) in [6.07, 6.45) is 1.32. The van der Waals surface area contributed by atoms with Gasteiger partial charge in [-0.2, -0.15) is 0 Å². The minimum Gasteiger partial charge on any atom is -0.393 e. The minimum atomic E-state index is -0.375. The Balaban J connectivity index is 0.000000153. The predicted molar refractivity (Wildman–Crippen MR) is 550 cm³/mol. The third kappa shape index (κ3) is 21.5. The molecule has 633 valence electrons. The molecular formula is C118H96BIrN7O2P-. The zero-order chi connectivity index (χ0) is 87.3. The summed E-state index contributed by atoms with van der Waals surface area (Å²) in [7, 11) is 6.97. The predicted octanol–water partition coefficient (Wildman–Crippen LogP) is 32.3. The molecule has 0 spiro atoms. The molecule has 21 aromatic rings. The summed E-state index contributed by atoms with van der Waals surface area (Å²) in [6.45, 7) is 3.32. The van der Waals surface area contributed by atoms with Crippen molar-refractivity contribution in [1.82, 2.24) is 9.97 Å². The van der Waals surface area contributed by atoms with E-state index < -0.39 is 0 Å². The average Bonchev–Trinajstić information content (AvgIpc) is 0.798. The molecule has 1 aromatic heterocycles. The molecule has 0 saturated carbocycles. The van der Waals surface area contributed by atoms with Gasteiger partial charge in [0.1, 0.15) is 6.33 Å². The Morgan fingerprint density at radius 1 is 0.277 bits per heavy atom. The first kappa shape index (κ1) is 89.8. The zero-order valence-corrected chi connectivity index (χ0v) is 74.8.